The number of anilines is 2. The van der Waals surface area contributed by atoms with Crippen LogP contribution in [-0.4, -0.2) is 11.4 Å². The lowest BCUT2D eigenvalue weighted by molar-refractivity contribution is 0.000327. The van der Waals surface area contributed by atoms with E-state index >= 15 is 0 Å². The molecule has 0 aliphatic carbocycles. The van der Waals surface area contributed by atoms with E-state index < -0.39 is 6.29 Å². The minimum absolute atomic E-state index is 0.407. The van der Waals surface area contributed by atoms with Gasteiger partial charge in [0.2, 0.25) is 0 Å². The number of benzene rings is 1. The van der Waals surface area contributed by atoms with E-state index in [1.807, 2.05) is 0 Å². The highest BCUT2D eigenvalue weighted by Gasteiger charge is 2.03. The molecule has 0 aliphatic rings. The zero-order valence-corrected chi connectivity index (χ0v) is 6.82. The van der Waals surface area contributed by atoms with E-state index in [0.717, 1.165) is 0 Å². The van der Waals surface area contributed by atoms with Crippen LogP contribution in [0.2, 0.25) is 0 Å². The summed E-state index contributed by atoms with van der Waals surface area (Å²) in [6.07, 6.45) is -0.880. The molecule has 0 heterocycles. The van der Waals surface area contributed by atoms with Gasteiger partial charge in [0.25, 0.3) is 0 Å². The zero-order valence-electron chi connectivity index (χ0n) is 6.82. The lowest BCUT2D eigenvalue weighted by Gasteiger charge is -2.11. The van der Waals surface area contributed by atoms with Gasteiger partial charge in [0.1, 0.15) is 5.75 Å². The zero-order chi connectivity index (χ0) is 9.14. The predicted octanol–water partition coefficient (Wildman–Crippen LogP) is 0.568. The second kappa shape index (κ2) is 3.32. The van der Waals surface area contributed by atoms with Crippen LogP contribution in [0.3, 0.4) is 0 Å². The molecule has 0 amide bonds. The van der Waals surface area contributed by atoms with Crippen LogP contribution in [0.5, 0.6) is 5.75 Å². The maximum absolute atomic E-state index is 8.90. The Morgan fingerprint density at radius 3 is 2.67 bits per heavy atom. The smallest absolute Gasteiger partial charge is 0.194 e. The Morgan fingerprint density at radius 2 is 2.08 bits per heavy atom. The van der Waals surface area contributed by atoms with Gasteiger partial charge in [0.05, 0.1) is 5.69 Å². The number of nitrogens with two attached hydrogens (primary N) is 2. The van der Waals surface area contributed by atoms with E-state index in [2.05, 4.69) is 0 Å². The van der Waals surface area contributed by atoms with Crippen molar-refractivity contribution in [1.82, 2.24) is 0 Å². The van der Waals surface area contributed by atoms with Gasteiger partial charge in [-0.05, 0) is 19.1 Å². The quantitative estimate of drug-likeness (QED) is 0.445. The number of hydrogen-bond donors (Lipinski definition) is 3. The molecule has 0 radical (unpaired) electrons. The van der Waals surface area contributed by atoms with Crippen LogP contribution in [0.15, 0.2) is 18.2 Å². The third-order valence-electron chi connectivity index (χ3n) is 1.34. The van der Waals surface area contributed by atoms with Crippen molar-refractivity contribution >= 4 is 11.4 Å². The van der Waals surface area contributed by atoms with Crippen molar-refractivity contribution in [3.8, 4) is 5.75 Å². The molecular weight excluding hydrogens is 156 g/mol. The summed E-state index contributed by atoms with van der Waals surface area (Å²) in [5.74, 6) is 0.407. The molecule has 1 aromatic carbocycles. The third kappa shape index (κ3) is 2.03. The van der Waals surface area contributed by atoms with Gasteiger partial charge in [0, 0.05) is 11.8 Å². The van der Waals surface area contributed by atoms with Crippen LogP contribution in [-0.2, 0) is 0 Å². The highest BCUT2D eigenvalue weighted by molar-refractivity contribution is 5.59. The molecule has 0 spiro atoms. The van der Waals surface area contributed by atoms with Crippen LogP contribution in [0.4, 0.5) is 11.4 Å². The van der Waals surface area contributed by atoms with Gasteiger partial charge in [-0.15, -0.1) is 0 Å². The Kier molecular flexibility index (Phi) is 2.40. The molecule has 0 fully saturated rings. The van der Waals surface area contributed by atoms with Crippen LogP contribution in [0, 0.1) is 0 Å². The maximum atomic E-state index is 8.90. The van der Waals surface area contributed by atoms with Gasteiger partial charge in [-0.25, -0.2) is 0 Å². The molecule has 0 aromatic heterocycles. The second-order valence-electron chi connectivity index (χ2n) is 2.51. The van der Waals surface area contributed by atoms with Crippen molar-refractivity contribution in [2.24, 2.45) is 0 Å². The topological polar surface area (TPSA) is 81.5 Å². The molecule has 1 aromatic rings. The summed E-state index contributed by atoms with van der Waals surface area (Å²) >= 11 is 0. The predicted molar refractivity (Wildman–Crippen MR) is 47.6 cm³/mol. The second-order valence-corrected chi connectivity index (χ2v) is 2.51. The van der Waals surface area contributed by atoms with Gasteiger partial charge >= 0.3 is 0 Å². The summed E-state index contributed by atoms with van der Waals surface area (Å²) in [5.41, 5.74) is 12.1. The van der Waals surface area contributed by atoms with Crippen molar-refractivity contribution in [2.75, 3.05) is 11.5 Å². The van der Waals surface area contributed by atoms with E-state index in [-0.39, 0.29) is 0 Å². The van der Waals surface area contributed by atoms with Gasteiger partial charge in [-0.3, -0.25) is 0 Å². The molecule has 5 N–H and O–H groups in total. The van der Waals surface area contributed by atoms with Crippen LogP contribution in [0.25, 0.3) is 0 Å². The molecule has 4 heteroatoms. The third-order valence-corrected chi connectivity index (χ3v) is 1.34. The highest BCUT2D eigenvalue weighted by Crippen LogP contribution is 2.24. The Labute approximate surface area is 70.7 Å². The van der Waals surface area contributed by atoms with Crippen molar-refractivity contribution in [2.45, 2.75) is 13.2 Å². The lowest BCUT2D eigenvalue weighted by atomic mass is 10.2. The van der Waals surface area contributed by atoms with E-state index in [1.54, 1.807) is 18.2 Å². The first-order valence-corrected chi connectivity index (χ1v) is 3.59. The average Bonchev–Trinajstić information content (AvgIpc) is 1.96. The number of nitrogen functional groups attached to an aromatic ring is 2. The van der Waals surface area contributed by atoms with Gasteiger partial charge in [-0.2, -0.15) is 0 Å². The number of rotatable bonds is 2. The van der Waals surface area contributed by atoms with E-state index in [9.17, 15) is 0 Å². The number of ether oxygens (including phenoxy) is 1. The summed E-state index contributed by atoms with van der Waals surface area (Å²) in [6.45, 7) is 1.50. The minimum atomic E-state index is -0.880. The summed E-state index contributed by atoms with van der Waals surface area (Å²) in [5, 5.41) is 8.90. The molecule has 0 saturated heterocycles. The minimum Gasteiger partial charge on any atom is -0.463 e. The maximum Gasteiger partial charge on any atom is 0.194 e. The summed E-state index contributed by atoms with van der Waals surface area (Å²) in [4.78, 5) is 0. The van der Waals surface area contributed by atoms with Crippen molar-refractivity contribution < 1.29 is 9.84 Å². The number of hydrogen-bond acceptors (Lipinski definition) is 4. The Balaban J connectivity index is 2.90. The van der Waals surface area contributed by atoms with Crippen LogP contribution >= 0.6 is 0 Å². The molecule has 1 rings (SSSR count). The number of aliphatic hydroxyl groups is 1. The highest BCUT2D eigenvalue weighted by atomic mass is 16.6. The van der Waals surface area contributed by atoms with Crippen LogP contribution in [0.1, 0.15) is 6.92 Å². The molecule has 66 valence electrons. The first kappa shape index (κ1) is 8.67. The number of aliphatic hydroxyl groups excluding tert-OH is 1. The SMILES string of the molecule is CC(O)Oc1cc(N)ccc1N. The van der Waals surface area contributed by atoms with E-state index in [1.165, 1.54) is 6.92 Å². The van der Waals surface area contributed by atoms with Crippen molar-refractivity contribution in [3.05, 3.63) is 18.2 Å². The lowest BCUT2D eigenvalue weighted by Crippen LogP contribution is -2.11. The first-order chi connectivity index (χ1) is 5.59. The molecule has 1 unspecified atom stereocenters. The Bertz CT molecular complexity index is 274. The summed E-state index contributed by atoms with van der Waals surface area (Å²) in [6, 6.07) is 4.87. The fourth-order valence-electron chi connectivity index (χ4n) is 0.837. The Hall–Kier alpha value is -1.42. The van der Waals surface area contributed by atoms with Gasteiger partial charge in [-0.1, -0.05) is 0 Å². The first-order valence-electron chi connectivity index (χ1n) is 3.59. The monoisotopic (exact) mass is 168 g/mol. The van der Waals surface area contributed by atoms with Crippen molar-refractivity contribution in [1.29, 1.82) is 0 Å². The fraction of sp³-hybridized carbons (Fsp3) is 0.250. The van der Waals surface area contributed by atoms with Crippen molar-refractivity contribution in [3.63, 3.8) is 0 Å². The Morgan fingerprint density at radius 1 is 1.42 bits per heavy atom. The standard InChI is InChI=1S/C8H12N2O2/c1-5(11)12-8-4-6(9)2-3-7(8)10/h2-5,11H,9-10H2,1H3. The van der Waals surface area contributed by atoms with Crippen LogP contribution < -0.4 is 16.2 Å². The molecule has 0 aliphatic heterocycles. The normalized spacial score (nSPS) is 12.5. The average molecular weight is 168 g/mol. The molecule has 4 nitrogen and oxygen atoms in total. The molecule has 0 saturated carbocycles. The molecular formula is C8H12N2O2. The molecule has 0 bridgehead atoms. The molecule has 1 atom stereocenters. The van der Waals surface area contributed by atoms with Gasteiger partial charge in [0.15, 0.2) is 6.29 Å². The summed E-state index contributed by atoms with van der Waals surface area (Å²) in [7, 11) is 0. The van der Waals surface area contributed by atoms with Gasteiger partial charge < -0.3 is 21.3 Å². The van der Waals surface area contributed by atoms with E-state index in [4.69, 9.17) is 21.3 Å². The van der Waals surface area contributed by atoms with E-state index in [0.29, 0.717) is 17.1 Å². The largest absolute Gasteiger partial charge is 0.463 e. The fourth-order valence-corrected chi connectivity index (χ4v) is 0.837. The molecule has 12 heavy (non-hydrogen) atoms. The summed E-state index contributed by atoms with van der Waals surface area (Å²) < 4.78 is 4.98.